The first-order chi connectivity index (χ1) is 13.0. The summed E-state index contributed by atoms with van der Waals surface area (Å²) in [5.41, 5.74) is 0.661. The molecule has 2 aromatic rings. The van der Waals surface area contributed by atoms with E-state index in [0.717, 1.165) is 12.8 Å². The Bertz CT molecular complexity index is 867. The van der Waals surface area contributed by atoms with Gasteiger partial charge in [0.25, 0.3) is 0 Å². The average molecular weight is 388 g/mol. The van der Waals surface area contributed by atoms with Crippen LogP contribution in [0.5, 0.6) is 5.75 Å². The lowest BCUT2D eigenvalue weighted by molar-refractivity contribution is -0.117. The van der Waals surface area contributed by atoms with Gasteiger partial charge in [-0.05, 0) is 49.2 Å². The number of benzene rings is 2. The maximum atomic E-state index is 13.0. The van der Waals surface area contributed by atoms with E-state index in [1.54, 1.807) is 61.7 Å². The van der Waals surface area contributed by atoms with Gasteiger partial charge in [0.1, 0.15) is 5.75 Å². The summed E-state index contributed by atoms with van der Waals surface area (Å²) in [4.78, 5) is 12.8. The highest BCUT2D eigenvalue weighted by Gasteiger charge is 2.34. The number of nitrogens with zero attached hydrogens (tertiary/aromatic N) is 1. The van der Waals surface area contributed by atoms with E-state index in [1.165, 1.54) is 4.31 Å². The van der Waals surface area contributed by atoms with Gasteiger partial charge in [0.15, 0.2) is 0 Å². The summed E-state index contributed by atoms with van der Waals surface area (Å²) in [6.07, 6.45) is 2.55. The molecule has 0 unspecified atom stereocenters. The fraction of sp³-hybridized carbons (Fsp3) is 0.350. The summed E-state index contributed by atoms with van der Waals surface area (Å²) in [6, 6.07) is 15.1. The molecule has 144 valence electrons. The molecule has 0 aliphatic carbocycles. The summed E-state index contributed by atoms with van der Waals surface area (Å²) >= 11 is 0. The molecule has 1 fully saturated rings. The van der Waals surface area contributed by atoms with Crippen molar-refractivity contribution in [2.24, 2.45) is 0 Å². The zero-order valence-electron chi connectivity index (χ0n) is 15.3. The topological polar surface area (TPSA) is 75.7 Å². The zero-order valence-corrected chi connectivity index (χ0v) is 16.1. The Balaban J connectivity index is 1.70. The molecule has 3 rings (SSSR count). The third kappa shape index (κ3) is 4.67. The molecule has 0 aromatic heterocycles. The lowest BCUT2D eigenvalue weighted by Crippen LogP contribution is -2.45. The molecular weight excluding hydrogens is 364 g/mol. The minimum absolute atomic E-state index is 0.137. The highest BCUT2D eigenvalue weighted by atomic mass is 32.2. The maximum absolute atomic E-state index is 13.0. The lowest BCUT2D eigenvalue weighted by Gasteiger charge is -2.34. The van der Waals surface area contributed by atoms with Crippen molar-refractivity contribution in [3.63, 3.8) is 0 Å². The second-order valence-corrected chi connectivity index (χ2v) is 8.45. The van der Waals surface area contributed by atoms with Crippen molar-refractivity contribution in [3.05, 3.63) is 54.6 Å². The van der Waals surface area contributed by atoms with Crippen LogP contribution in [0.15, 0.2) is 59.5 Å². The Morgan fingerprint density at radius 1 is 1.11 bits per heavy atom. The van der Waals surface area contributed by atoms with Gasteiger partial charge < -0.3 is 10.1 Å². The number of rotatable bonds is 6. The fourth-order valence-corrected chi connectivity index (χ4v) is 5.04. The predicted molar refractivity (Wildman–Crippen MR) is 104 cm³/mol. The van der Waals surface area contributed by atoms with E-state index < -0.39 is 10.0 Å². The smallest absolute Gasteiger partial charge is 0.243 e. The highest BCUT2D eigenvalue weighted by molar-refractivity contribution is 7.89. The number of hydrogen-bond acceptors (Lipinski definition) is 4. The second-order valence-electron chi connectivity index (χ2n) is 6.56. The van der Waals surface area contributed by atoms with Crippen LogP contribution in [0.1, 0.15) is 25.7 Å². The first-order valence-electron chi connectivity index (χ1n) is 9.01. The van der Waals surface area contributed by atoms with Crippen molar-refractivity contribution in [2.45, 2.75) is 36.6 Å². The molecule has 0 radical (unpaired) electrons. The van der Waals surface area contributed by atoms with Crippen LogP contribution in [0.4, 0.5) is 5.69 Å². The number of carbonyl (C=O) groups is 1. The summed E-state index contributed by atoms with van der Waals surface area (Å²) in [6.45, 7) is 0.442. The molecule has 0 spiro atoms. The summed E-state index contributed by atoms with van der Waals surface area (Å²) < 4.78 is 32.6. The van der Waals surface area contributed by atoms with Gasteiger partial charge in [0, 0.05) is 24.7 Å². The number of hydrogen-bond donors (Lipinski definition) is 1. The van der Waals surface area contributed by atoms with Crippen molar-refractivity contribution < 1.29 is 17.9 Å². The monoisotopic (exact) mass is 388 g/mol. The molecule has 1 heterocycles. The van der Waals surface area contributed by atoms with Gasteiger partial charge in [-0.1, -0.05) is 24.6 Å². The molecule has 1 saturated heterocycles. The largest absolute Gasteiger partial charge is 0.497 e. The standard InChI is InChI=1S/C20H24N2O4S/c1-26-18-12-10-16(11-13-18)21-20(23)15-17-7-5-6-14-22(17)27(24,25)19-8-3-2-4-9-19/h2-4,8-13,17H,5-7,14-15H2,1H3,(H,21,23)/t17-/m0/s1. The molecular formula is C20H24N2O4S. The predicted octanol–water partition coefficient (Wildman–Crippen LogP) is 3.27. The number of sulfonamides is 1. The molecule has 2 aromatic carbocycles. The van der Waals surface area contributed by atoms with E-state index in [0.29, 0.717) is 24.4 Å². The van der Waals surface area contributed by atoms with Crippen LogP contribution in [0, 0.1) is 0 Å². The Labute approximate surface area is 160 Å². The molecule has 27 heavy (non-hydrogen) atoms. The van der Waals surface area contributed by atoms with Gasteiger partial charge in [-0.15, -0.1) is 0 Å². The number of amides is 1. The van der Waals surface area contributed by atoms with Crippen molar-refractivity contribution in [1.82, 2.24) is 4.31 Å². The van der Waals surface area contributed by atoms with E-state index in [4.69, 9.17) is 4.74 Å². The van der Waals surface area contributed by atoms with Gasteiger partial charge in [-0.3, -0.25) is 4.79 Å². The number of anilines is 1. The van der Waals surface area contributed by atoms with Crippen LogP contribution in [0.3, 0.4) is 0 Å². The quantitative estimate of drug-likeness (QED) is 0.824. The molecule has 1 aliphatic rings. The van der Waals surface area contributed by atoms with Crippen molar-refractivity contribution in [3.8, 4) is 5.75 Å². The van der Waals surface area contributed by atoms with Gasteiger partial charge in [-0.2, -0.15) is 4.31 Å². The first kappa shape index (κ1) is 19.4. The van der Waals surface area contributed by atoms with Gasteiger partial charge >= 0.3 is 0 Å². The van der Waals surface area contributed by atoms with Gasteiger partial charge in [0.05, 0.1) is 12.0 Å². The third-order valence-corrected chi connectivity index (χ3v) is 6.68. The Kier molecular flexibility index (Phi) is 6.13. The number of piperidine rings is 1. The van der Waals surface area contributed by atoms with Crippen LogP contribution in [0.2, 0.25) is 0 Å². The van der Waals surface area contributed by atoms with E-state index in [9.17, 15) is 13.2 Å². The minimum atomic E-state index is -3.60. The van der Waals surface area contributed by atoms with Crippen molar-refractivity contribution >= 4 is 21.6 Å². The van der Waals surface area contributed by atoms with Crippen LogP contribution < -0.4 is 10.1 Å². The van der Waals surface area contributed by atoms with E-state index in [-0.39, 0.29) is 23.3 Å². The van der Waals surface area contributed by atoms with Crippen molar-refractivity contribution in [1.29, 1.82) is 0 Å². The number of methoxy groups -OCH3 is 1. The van der Waals surface area contributed by atoms with E-state index in [2.05, 4.69) is 5.32 Å². The molecule has 1 aliphatic heterocycles. The first-order valence-corrected chi connectivity index (χ1v) is 10.5. The van der Waals surface area contributed by atoms with Crippen LogP contribution in [0.25, 0.3) is 0 Å². The molecule has 0 saturated carbocycles. The number of nitrogens with one attached hydrogen (secondary N) is 1. The summed E-state index contributed by atoms with van der Waals surface area (Å²) in [7, 11) is -2.02. The molecule has 0 bridgehead atoms. The van der Waals surface area contributed by atoms with Crippen LogP contribution in [-0.4, -0.2) is 38.3 Å². The molecule has 1 amide bonds. The van der Waals surface area contributed by atoms with Gasteiger partial charge in [-0.25, -0.2) is 8.42 Å². The SMILES string of the molecule is COc1ccc(NC(=O)C[C@@H]2CCCCN2S(=O)(=O)c2ccccc2)cc1. The Morgan fingerprint density at radius 2 is 1.81 bits per heavy atom. The summed E-state index contributed by atoms with van der Waals surface area (Å²) in [5.74, 6) is 0.515. The molecule has 1 atom stereocenters. The van der Waals surface area contributed by atoms with Crippen LogP contribution in [-0.2, 0) is 14.8 Å². The maximum Gasteiger partial charge on any atom is 0.243 e. The number of carbonyl (C=O) groups excluding carboxylic acids is 1. The number of ether oxygens (including phenoxy) is 1. The normalized spacial score (nSPS) is 18.0. The zero-order chi connectivity index (χ0) is 19.3. The van der Waals surface area contributed by atoms with Crippen molar-refractivity contribution in [2.75, 3.05) is 19.0 Å². The van der Waals surface area contributed by atoms with Crippen LogP contribution >= 0.6 is 0 Å². The van der Waals surface area contributed by atoms with Gasteiger partial charge in [0.2, 0.25) is 15.9 Å². The molecule has 1 N–H and O–H groups in total. The van der Waals surface area contributed by atoms with E-state index >= 15 is 0 Å². The summed E-state index contributed by atoms with van der Waals surface area (Å²) in [5, 5.41) is 2.84. The second kappa shape index (κ2) is 8.54. The van der Waals surface area contributed by atoms with E-state index in [1.807, 2.05) is 0 Å². The highest BCUT2D eigenvalue weighted by Crippen LogP contribution is 2.27. The lowest BCUT2D eigenvalue weighted by atomic mass is 10.0. The minimum Gasteiger partial charge on any atom is -0.497 e. The Hall–Kier alpha value is -2.38. The molecule has 7 heteroatoms. The Morgan fingerprint density at radius 3 is 2.48 bits per heavy atom. The third-order valence-electron chi connectivity index (χ3n) is 4.72. The molecule has 6 nitrogen and oxygen atoms in total. The average Bonchev–Trinajstić information content (AvgIpc) is 2.69. The fourth-order valence-electron chi connectivity index (χ4n) is 3.32.